The van der Waals surface area contributed by atoms with Crippen LogP contribution in [0.2, 0.25) is 0 Å². The predicted octanol–water partition coefficient (Wildman–Crippen LogP) is 4.16. The normalized spacial score (nSPS) is 10.5. The summed E-state index contributed by atoms with van der Waals surface area (Å²) >= 11 is 0. The van der Waals surface area contributed by atoms with E-state index in [1.165, 1.54) is 5.56 Å². The molecule has 0 aromatic heterocycles. The highest BCUT2D eigenvalue weighted by Gasteiger charge is 2.03. The van der Waals surface area contributed by atoms with Crippen LogP contribution in [-0.2, 0) is 13.1 Å². The summed E-state index contributed by atoms with van der Waals surface area (Å²) in [6.07, 6.45) is 0. The molecule has 4 heteroatoms. The van der Waals surface area contributed by atoms with Gasteiger partial charge >= 0.3 is 6.03 Å². The molecule has 2 amide bonds. The van der Waals surface area contributed by atoms with Gasteiger partial charge in [0.15, 0.2) is 0 Å². The summed E-state index contributed by atoms with van der Waals surface area (Å²) in [6.45, 7) is 3.05. The van der Waals surface area contributed by atoms with Gasteiger partial charge in [-0.05, 0) is 47.0 Å². The number of ether oxygens (including phenoxy) is 1. The topological polar surface area (TPSA) is 50.4 Å². The van der Waals surface area contributed by atoms with Crippen molar-refractivity contribution in [3.05, 3.63) is 77.4 Å². The number of hydrogen-bond donors (Lipinski definition) is 2. The van der Waals surface area contributed by atoms with Crippen molar-refractivity contribution in [3.8, 4) is 5.75 Å². The molecule has 0 atom stereocenters. The number of hydrogen-bond acceptors (Lipinski definition) is 2. The number of urea groups is 1. The van der Waals surface area contributed by atoms with Crippen molar-refractivity contribution in [3.63, 3.8) is 0 Å². The Labute approximate surface area is 147 Å². The van der Waals surface area contributed by atoms with Crippen LogP contribution in [0.4, 0.5) is 4.79 Å². The summed E-state index contributed by atoms with van der Waals surface area (Å²) in [5, 5.41) is 8.01. The van der Waals surface area contributed by atoms with Gasteiger partial charge in [0.25, 0.3) is 0 Å². The fraction of sp³-hybridized carbons (Fsp3) is 0.190. The van der Waals surface area contributed by atoms with Crippen LogP contribution in [0.5, 0.6) is 5.75 Å². The van der Waals surface area contributed by atoms with Gasteiger partial charge in [0.2, 0.25) is 0 Å². The summed E-state index contributed by atoms with van der Waals surface area (Å²) in [5.74, 6) is 0.842. The Balaban J connectivity index is 1.54. The average Bonchev–Trinajstić information content (AvgIpc) is 2.65. The van der Waals surface area contributed by atoms with Crippen LogP contribution in [-0.4, -0.2) is 13.1 Å². The lowest BCUT2D eigenvalue weighted by Crippen LogP contribution is -2.34. The smallest absolute Gasteiger partial charge is 0.315 e. The molecule has 0 bridgehead atoms. The zero-order chi connectivity index (χ0) is 17.6. The third kappa shape index (κ3) is 4.51. The van der Waals surface area contributed by atoms with Crippen molar-refractivity contribution in [2.75, 3.05) is 7.11 Å². The minimum Gasteiger partial charge on any atom is -0.497 e. The van der Waals surface area contributed by atoms with Crippen LogP contribution in [0.15, 0.2) is 60.7 Å². The maximum atomic E-state index is 12.0. The molecular weight excluding hydrogens is 312 g/mol. The van der Waals surface area contributed by atoms with E-state index >= 15 is 0 Å². The predicted molar refractivity (Wildman–Crippen MR) is 101 cm³/mol. The molecule has 0 aliphatic heterocycles. The summed E-state index contributed by atoms with van der Waals surface area (Å²) in [7, 11) is 1.66. The molecule has 3 aromatic rings. The van der Waals surface area contributed by atoms with E-state index in [4.69, 9.17) is 4.74 Å². The first-order valence-corrected chi connectivity index (χ1v) is 8.28. The maximum absolute atomic E-state index is 12.0. The lowest BCUT2D eigenvalue weighted by atomic mass is 10.1. The molecule has 0 fully saturated rings. The van der Waals surface area contributed by atoms with Crippen molar-refractivity contribution in [2.24, 2.45) is 0 Å². The Bertz CT molecular complexity index is 873. The highest BCUT2D eigenvalue weighted by molar-refractivity contribution is 5.84. The molecule has 0 radical (unpaired) electrons. The molecule has 25 heavy (non-hydrogen) atoms. The van der Waals surface area contributed by atoms with Crippen LogP contribution < -0.4 is 15.4 Å². The van der Waals surface area contributed by atoms with Gasteiger partial charge in [-0.1, -0.05) is 48.0 Å². The number of nitrogens with one attached hydrogen (secondary N) is 2. The Kier molecular flexibility index (Phi) is 5.19. The minimum atomic E-state index is -0.171. The zero-order valence-electron chi connectivity index (χ0n) is 14.5. The Morgan fingerprint density at radius 3 is 2.16 bits per heavy atom. The van der Waals surface area contributed by atoms with Gasteiger partial charge in [-0.15, -0.1) is 0 Å². The maximum Gasteiger partial charge on any atom is 0.315 e. The first-order valence-electron chi connectivity index (χ1n) is 8.28. The lowest BCUT2D eigenvalue weighted by molar-refractivity contribution is 0.240. The number of methoxy groups -OCH3 is 1. The molecule has 0 saturated heterocycles. The van der Waals surface area contributed by atoms with Crippen molar-refractivity contribution in [2.45, 2.75) is 20.0 Å². The molecule has 3 rings (SSSR count). The number of benzene rings is 3. The molecule has 0 unspecified atom stereocenters. The van der Waals surface area contributed by atoms with Crippen LogP contribution in [0.25, 0.3) is 10.8 Å². The summed E-state index contributed by atoms with van der Waals surface area (Å²) in [4.78, 5) is 12.0. The van der Waals surface area contributed by atoms with Crippen molar-refractivity contribution < 1.29 is 9.53 Å². The van der Waals surface area contributed by atoms with E-state index in [2.05, 4.69) is 16.7 Å². The van der Waals surface area contributed by atoms with Crippen molar-refractivity contribution in [1.29, 1.82) is 0 Å². The molecule has 3 aromatic carbocycles. The second kappa shape index (κ2) is 7.71. The average molecular weight is 334 g/mol. The quantitative estimate of drug-likeness (QED) is 0.736. The summed E-state index contributed by atoms with van der Waals surface area (Å²) < 4.78 is 5.24. The molecule has 0 spiro atoms. The number of rotatable bonds is 5. The highest BCUT2D eigenvalue weighted by Crippen LogP contribution is 2.21. The van der Waals surface area contributed by atoms with E-state index < -0.39 is 0 Å². The zero-order valence-corrected chi connectivity index (χ0v) is 14.5. The summed E-state index contributed by atoms with van der Waals surface area (Å²) in [6, 6.07) is 20.0. The van der Waals surface area contributed by atoms with Gasteiger partial charge < -0.3 is 15.4 Å². The van der Waals surface area contributed by atoms with Gasteiger partial charge in [0.1, 0.15) is 5.75 Å². The number of aryl methyl sites for hydroxylation is 1. The minimum absolute atomic E-state index is 0.171. The molecule has 0 saturated carbocycles. The van der Waals surface area contributed by atoms with E-state index in [0.717, 1.165) is 27.6 Å². The van der Waals surface area contributed by atoms with Crippen molar-refractivity contribution in [1.82, 2.24) is 10.6 Å². The molecule has 2 N–H and O–H groups in total. The molecule has 0 aliphatic carbocycles. The summed E-state index contributed by atoms with van der Waals surface area (Å²) in [5.41, 5.74) is 3.35. The number of carbonyl (C=O) groups excluding carboxylic acids is 1. The van der Waals surface area contributed by atoms with E-state index in [9.17, 15) is 4.79 Å². The van der Waals surface area contributed by atoms with E-state index in [1.807, 2.05) is 61.5 Å². The first kappa shape index (κ1) is 16.8. The van der Waals surface area contributed by atoms with Gasteiger partial charge in [-0.2, -0.15) is 0 Å². The molecular formula is C21H22N2O2. The van der Waals surface area contributed by atoms with Crippen LogP contribution in [0.1, 0.15) is 16.7 Å². The van der Waals surface area contributed by atoms with Gasteiger partial charge in [-0.3, -0.25) is 0 Å². The Hall–Kier alpha value is -3.01. The third-order valence-electron chi connectivity index (χ3n) is 4.14. The first-order chi connectivity index (χ1) is 12.1. The van der Waals surface area contributed by atoms with Crippen molar-refractivity contribution >= 4 is 16.8 Å². The van der Waals surface area contributed by atoms with Gasteiger partial charge in [0, 0.05) is 13.1 Å². The Morgan fingerprint density at radius 2 is 1.44 bits per heavy atom. The standard InChI is InChI=1S/C21H22N2O2/c1-15-3-5-16(6-4-15)13-22-21(24)23-14-17-7-8-19-12-20(25-2)10-9-18(19)11-17/h3-12H,13-14H2,1-2H3,(H2,22,23,24). The lowest BCUT2D eigenvalue weighted by Gasteiger charge is -2.09. The van der Waals surface area contributed by atoms with E-state index in [-0.39, 0.29) is 6.03 Å². The second-order valence-electron chi connectivity index (χ2n) is 6.07. The highest BCUT2D eigenvalue weighted by atomic mass is 16.5. The molecule has 0 heterocycles. The Morgan fingerprint density at radius 1 is 0.840 bits per heavy atom. The number of carbonyl (C=O) groups is 1. The fourth-order valence-electron chi connectivity index (χ4n) is 2.64. The van der Waals surface area contributed by atoms with E-state index in [1.54, 1.807) is 7.11 Å². The van der Waals surface area contributed by atoms with Gasteiger partial charge in [-0.25, -0.2) is 4.79 Å². The molecule has 4 nitrogen and oxygen atoms in total. The second-order valence-corrected chi connectivity index (χ2v) is 6.07. The number of fused-ring (bicyclic) bond motifs is 1. The number of amides is 2. The van der Waals surface area contributed by atoms with Crippen LogP contribution in [0, 0.1) is 6.92 Å². The van der Waals surface area contributed by atoms with Gasteiger partial charge in [0.05, 0.1) is 7.11 Å². The molecule has 0 aliphatic rings. The SMILES string of the molecule is COc1ccc2cc(CNC(=O)NCc3ccc(C)cc3)ccc2c1. The third-order valence-corrected chi connectivity index (χ3v) is 4.14. The fourth-order valence-corrected chi connectivity index (χ4v) is 2.64. The monoisotopic (exact) mass is 334 g/mol. The largest absolute Gasteiger partial charge is 0.497 e. The molecule has 128 valence electrons. The van der Waals surface area contributed by atoms with Crippen LogP contribution >= 0.6 is 0 Å². The van der Waals surface area contributed by atoms with Crippen LogP contribution in [0.3, 0.4) is 0 Å². The van der Waals surface area contributed by atoms with E-state index in [0.29, 0.717) is 13.1 Å².